The lowest BCUT2D eigenvalue weighted by molar-refractivity contribution is -0.120. The first-order valence-corrected chi connectivity index (χ1v) is 11.3. The Hall–Kier alpha value is -3.66. The Balaban J connectivity index is 1.73. The molecule has 0 saturated heterocycles. The van der Waals surface area contributed by atoms with Gasteiger partial charge in [0.25, 0.3) is 11.8 Å². The second-order valence-corrected chi connectivity index (χ2v) is 9.76. The van der Waals surface area contributed by atoms with Crippen molar-refractivity contribution in [3.63, 3.8) is 0 Å². The molecule has 0 aliphatic carbocycles. The predicted octanol–water partition coefficient (Wildman–Crippen LogP) is 6.50. The molecule has 0 bridgehead atoms. The van der Waals surface area contributed by atoms with Gasteiger partial charge in [-0.25, -0.2) is 4.90 Å². The quantitative estimate of drug-likeness (QED) is 0.462. The van der Waals surface area contributed by atoms with Gasteiger partial charge in [-0.05, 0) is 52.3 Å². The van der Waals surface area contributed by atoms with Crippen molar-refractivity contribution >= 4 is 28.8 Å². The highest BCUT2D eigenvalue weighted by Crippen LogP contribution is 2.35. The van der Waals surface area contributed by atoms with E-state index in [4.69, 9.17) is 0 Å². The number of hydrogen-bond donors (Lipinski definition) is 1. The summed E-state index contributed by atoms with van der Waals surface area (Å²) in [7, 11) is 0. The second kappa shape index (κ2) is 8.70. The fourth-order valence-electron chi connectivity index (χ4n) is 3.96. The van der Waals surface area contributed by atoms with Crippen LogP contribution in [0.15, 0.2) is 84.6 Å². The zero-order valence-electron chi connectivity index (χ0n) is 19.8. The van der Waals surface area contributed by atoms with E-state index in [1.54, 1.807) is 0 Å². The maximum atomic E-state index is 13.5. The SMILES string of the molecule is CC(C)c1ccc(NC2=C(c3ccccc3)C(=O)N(c3ccc(C(C)(C)C)cc3)C2=O)cc1. The van der Waals surface area contributed by atoms with Gasteiger partial charge >= 0.3 is 0 Å². The number of imide groups is 1. The lowest BCUT2D eigenvalue weighted by Gasteiger charge is -2.21. The van der Waals surface area contributed by atoms with Crippen LogP contribution in [0, 0.1) is 0 Å². The number of hydrogen-bond acceptors (Lipinski definition) is 3. The molecule has 0 saturated carbocycles. The summed E-state index contributed by atoms with van der Waals surface area (Å²) in [5, 5.41) is 3.24. The van der Waals surface area contributed by atoms with Gasteiger partial charge in [0.05, 0.1) is 11.3 Å². The Morgan fingerprint density at radius 1 is 0.758 bits per heavy atom. The molecule has 4 nitrogen and oxygen atoms in total. The molecule has 0 aromatic heterocycles. The van der Waals surface area contributed by atoms with Gasteiger partial charge in [0, 0.05) is 5.69 Å². The molecule has 1 N–H and O–H groups in total. The van der Waals surface area contributed by atoms with E-state index in [1.165, 1.54) is 10.5 Å². The summed E-state index contributed by atoms with van der Waals surface area (Å²) in [6, 6.07) is 25.0. The second-order valence-electron chi connectivity index (χ2n) is 9.76. The van der Waals surface area contributed by atoms with Crippen LogP contribution < -0.4 is 10.2 Å². The normalized spacial score (nSPS) is 14.4. The maximum Gasteiger partial charge on any atom is 0.282 e. The zero-order valence-corrected chi connectivity index (χ0v) is 19.8. The third-order valence-electron chi connectivity index (χ3n) is 5.98. The molecule has 1 aliphatic heterocycles. The number of benzene rings is 3. The predicted molar refractivity (Wildman–Crippen MR) is 135 cm³/mol. The topological polar surface area (TPSA) is 49.4 Å². The summed E-state index contributed by atoms with van der Waals surface area (Å²) in [5.41, 5.74) is 5.08. The summed E-state index contributed by atoms with van der Waals surface area (Å²) in [6.07, 6.45) is 0. The van der Waals surface area contributed by atoms with Crippen LogP contribution in [0.3, 0.4) is 0 Å². The van der Waals surface area contributed by atoms with E-state index in [0.29, 0.717) is 28.4 Å². The fraction of sp³-hybridized carbons (Fsp3) is 0.241. The van der Waals surface area contributed by atoms with Crippen molar-refractivity contribution in [2.24, 2.45) is 0 Å². The van der Waals surface area contributed by atoms with Crippen molar-refractivity contribution < 1.29 is 9.59 Å². The van der Waals surface area contributed by atoms with E-state index in [0.717, 1.165) is 11.3 Å². The van der Waals surface area contributed by atoms with Crippen LogP contribution in [0.1, 0.15) is 57.2 Å². The highest BCUT2D eigenvalue weighted by molar-refractivity contribution is 6.46. The standard InChI is InChI=1S/C29H30N2O2/c1-19(2)20-11-15-23(16-12-20)30-26-25(21-9-7-6-8-10-21)27(32)31(28(26)33)24-17-13-22(14-18-24)29(3,4)5/h6-19,30H,1-5H3. The molecule has 4 rings (SSSR count). The monoisotopic (exact) mass is 438 g/mol. The molecule has 33 heavy (non-hydrogen) atoms. The van der Waals surface area contributed by atoms with Crippen LogP contribution in [0.25, 0.3) is 5.57 Å². The van der Waals surface area contributed by atoms with E-state index in [2.05, 4.69) is 39.9 Å². The Bertz CT molecular complexity index is 1200. The van der Waals surface area contributed by atoms with Crippen molar-refractivity contribution in [2.75, 3.05) is 10.2 Å². The van der Waals surface area contributed by atoms with E-state index in [-0.39, 0.29) is 17.2 Å². The molecule has 4 heteroatoms. The number of amides is 2. The molecule has 2 amide bonds. The summed E-state index contributed by atoms with van der Waals surface area (Å²) >= 11 is 0. The minimum absolute atomic E-state index is 0.0140. The average Bonchev–Trinajstić information content (AvgIpc) is 3.03. The first-order chi connectivity index (χ1) is 15.7. The van der Waals surface area contributed by atoms with Gasteiger partial charge in [0.15, 0.2) is 0 Å². The number of nitrogens with zero attached hydrogens (tertiary/aromatic N) is 1. The molecule has 0 unspecified atom stereocenters. The van der Waals surface area contributed by atoms with Gasteiger partial charge in [-0.1, -0.05) is 89.2 Å². The Kier molecular flexibility index (Phi) is 5.94. The third kappa shape index (κ3) is 4.47. The lowest BCUT2D eigenvalue weighted by Crippen LogP contribution is -2.32. The van der Waals surface area contributed by atoms with Gasteiger partial charge < -0.3 is 5.32 Å². The molecular formula is C29H30N2O2. The first-order valence-electron chi connectivity index (χ1n) is 11.3. The fourth-order valence-corrected chi connectivity index (χ4v) is 3.96. The molecule has 0 radical (unpaired) electrons. The highest BCUT2D eigenvalue weighted by atomic mass is 16.2. The van der Waals surface area contributed by atoms with Crippen molar-refractivity contribution in [1.82, 2.24) is 0 Å². The van der Waals surface area contributed by atoms with E-state index in [1.807, 2.05) is 78.9 Å². The average molecular weight is 439 g/mol. The van der Waals surface area contributed by atoms with Gasteiger partial charge in [0.1, 0.15) is 5.70 Å². The molecule has 0 atom stereocenters. The van der Waals surface area contributed by atoms with Gasteiger partial charge in [-0.2, -0.15) is 0 Å². The largest absolute Gasteiger partial charge is 0.350 e. The molecule has 0 spiro atoms. The molecule has 168 valence electrons. The van der Waals surface area contributed by atoms with Crippen molar-refractivity contribution in [3.05, 3.63) is 101 Å². The van der Waals surface area contributed by atoms with Crippen LogP contribution in [0.2, 0.25) is 0 Å². The molecule has 1 heterocycles. The summed E-state index contributed by atoms with van der Waals surface area (Å²) in [5.74, 6) is -0.259. The third-order valence-corrected chi connectivity index (χ3v) is 5.98. The smallest absolute Gasteiger partial charge is 0.282 e. The number of carbonyl (C=O) groups is 2. The van der Waals surface area contributed by atoms with Crippen molar-refractivity contribution in [1.29, 1.82) is 0 Å². The first kappa shape index (κ1) is 22.5. The highest BCUT2D eigenvalue weighted by Gasteiger charge is 2.40. The number of anilines is 2. The van der Waals surface area contributed by atoms with Crippen LogP contribution >= 0.6 is 0 Å². The molecule has 0 fully saturated rings. The van der Waals surface area contributed by atoms with Gasteiger partial charge in [-0.15, -0.1) is 0 Å². The molecular weight excluding hydrogens is 408 g/mol. The number of rotatable bonds is 5. The minimum Gasteiger partial charge on any atom is -0.350 e. The Morgan fingerprint density at radius 3 is 1.91 bits per heavy atom. The van der Waals surface area contributed by atoms with Gasteiger partial charge in [0.2, 0.25) is 0 Å². The Morgan fingerprint density at radius 2 is 1.36 bits per heavy atom. The Labute approximate surface area is 195 Å². The van der Waals surface area contributed by atoms with E-state index < -0.39 is 0 Å². The molecule has 3 aromatic rings. The van der Waals surface area contributed by atoms with Crippen LogP contribution in [0.4, 0.5) is 11.4 Å². The van der Waals surface area contributed by atoms with Crippen molar-refractivity contribution in [2.45, 2.75) is 46.0 Å². The lowest BCUT2D eigenvalue weighted by atomic mass is 9.87. The zero-order chi connectivity index (χ0) is 23.8. The van der Waals surface area contributed by atoms with Crippen LogP contribution in [-0.4, -0.2) is 11.8 Å². The number of carbonyl (C=O) groups excluding carboxylic acids is 2. The molecule has 1 aliphatic rings. The van der Waals surface area contributed by atoms with E-state index >= 15 is 0 Å². The summed E-state index contributed by atoms with van der Waals surface area (Å²) in [4.78, 5) is 28.4. The van der Waals surface area contributed by atoms with E-state index in [9.17, 15) is 9.59 Å². The summed E-state index contributed by atoms with van der Waals surface area (Å²) < 4.78 is 0. The minimum atomic E-state index is -0.352. The van der Waals surface area contributed by atoms with Crippen molar-refractivity contribution in [3.8, 4) is 0 Å². The number of nitrogens with one attached hydrogen (secondary N) is 1. The van der Waals surface area contributed by atoms with Crippen LogP contribution in [-0.2, 0) is 15.0 Å². The maximum absolute atomic E-state index is 13.5. The van der Waals surface area contributed by atoms with Gasteiger partial charge in [-0.3, -0.25) is 9.59 Å². The molecule has 3 aromatic carbocycles. The van der Waals surface area contributed by atoms with Crippen LogP contribution in [0.5, 0.6) is 0 Å². The summed E-state index contributed by atoms with van der Waals surface area (Å²) in [6.45, 7) is 10.7.